The number of aliphatic imine (C=N–C) groups is 1. The van der Waals surface area contributed by atoms with Gasteiger partial charge in [0.15, 0.2) is 0 Å². The molecule has 1 rings (SSSR count). The van der Waals surface area contributed by atoms with Crippen LogP contribution in [0.1, 0.15) is 43.7 Å². The molecule has 84 valence electrons. The molecule has 0 unspecified atom stereocenters. The molecular weight excluding hydrogens is 196 g/mol. The summed E-state index contributed by atoms with van der Waals surface area (Å²) in [5, 5.41) is 8.74. The fraction of sp³-hybridized carbons (Fsp3) is 0.429. The summed E-state index contributed by atoms with van der Waals surface area (Å²) in [4.78, 5) is 4.35. The average molecular weight is 214 g/mol. The van der Waals surface area contributed by atoms with Crippen LogP contribution in [0.2, 0.25) is 0 Å². The van der Waals surface area contributed by atoms with Gasteiger partial charge in [-0.2, -0.15) is 5.26 Å². The second kappa shape index (κ2) is 7.64. The van der Waals surface area contributed by atoms with Gasteiger partial charge in [0.1, 0.15) is 0 Å². The normalized spacial score (nSPS) is 10.5. The van der Waals surface area contributed by atoms with E-state index < -0.39 is 0 Å². The van der Waals surface area contributed by atoms with Crippen molar-refractivity contribution >= 4 is 6.21 Å². The molecule has 0 aliphatic heterocycles. The first kappa shape index (κ1) is 12.4. The van der Waals surface area contributed by atoms with Crippen LogP contribution in [-0.2, 0) is 0 Å². The molecule has 16 heavy (non-hydrogen) atoms. The average Bonchev–Trinajstić information content (AvgIpc) is 2.34. The molecule has 0 radical (unpaired) electrons. The predicted octanol–water partition coefficient (Wildman–Crippen LogP) is 3.56. The van der Waals surface area contributed by atoms with Crippen molar-refractivity contribution in [3.8, 4) is 6.07 Å². The van der Waals surface area contributed by atoms with E-state index in [0.29, 0.717) is 5.56 Å². The first-order valence-corrected chi connectivity index (χ1v) is 5.87. The quantitative estimate of drug-likeness (QED) is 0.527. The predicted molar refractivity (Wildman–Crippen MR) is 67.8 cm³/mol. The Kier molecular flexibility index (Phi) is 5.95. The molecule has 0 spiro atoms. The molecule has 2 nitrogen and oxygen atoms in total. The number of nitrogens with zero attached hydrogens (tertiary/aromatic N) is 2. The largest absolute Gasteiger partial charge is 0.293 e. The maximum absolute atomic E-state index is 8.74. The van der Waals surface area contributed by atoms with Crippen molar-refractivity contribution in [2.24, 2.45) is 4.99 Å². The summed E-state index contributed by atoms with van der Waals surface area (Å²) in [6.45, 7) is 3.09. The summed E-state index contributed by atoms with van der Waals surface area (Å²) < 4.78 is 0. The van der Waals surface area contributed by atoms with Gasteiger partial charge >= 0.3 is 0 Å². The summed E-state index contributed by atoms with van der Waals surface area (Å²) in [7, 11) is 0. The van der Waals surface area contributed by atoms with Gasteiger partial charge in [-0.25, -0.2) is 0 Å². The third kappa shape index (κ3) is 4.75. The van der Waals surface area contributed by atoms with Gasteiger partial charge < -0.3 is 0 Å². The summed E-state index contributed by atoms with van der Waals surface area (Å²) in [5.74, 6) is 0. The van der Waals surface area contributed by atoms with Crippen LogP contribution in [0.3, 0.4) is 0 Å². The molecule has 0 saturated carbocycles. The molecule has 0 N–H and O–H groups in total. The zero-order chi connectivity index (χ0) is 11.6. The molecule has 0 aliphatic carbocycles. The Labute approximate surface area is 97.6 Å². The number of nitriles is 1. The first-order chi connectivity index (χ1) is 7.86. The molecule has 0 amide bonds. The van der Waals surface area contributed by atoms with Gasteiger partial charge in [-0.3, -0.25) is 4.99 Å². The smallest absolute Gasteiger partial charge is 0.0991 e. The molecule has 1 aromatic carbocycles. The second-order valence-corrected chi connectivity index (χ2v) is 3.83. The SMILES string of the molecule is CCCCCC/N=C/c1cccc(C#N)c1. The molecule has 0 heterocycles. The van der Waals surface area contributed by atoms with Crippen molar-refractivity contribution in [1.82, 2.24) is 0 Å². The number of rotatable bonds is 6. The third-order valence-electron chi connectivity index (χ3n) is 2.40. The summed E-state index contributed by atoms with van der Waals surface area (Å²) in [6.07, 6.45) is 6.81. The summed E-state index contributed by atoms with van der Waals surface area (Å²) in [6, 6.07) is 9.64. The lowest BCUT2D eigenvalue weighted by Gasteiger charge is -1.95. The molecular formula is C14H18N2. The fourth-order valence-corrected chi connectivity index (χ4v) is 1.49. The maximum atomic E-state index is 8.74. The first-order valence-electron chi connectivity index (χ1n) is 5.87. The summed E-state index contributed by atoms with van der Waals surface area (Å²) >= 11 is 0. The van der Waals surface area contributed by atoms with Crippen molar-refractivity contribution in [3.63, 3.8) is 0 Å². The standard InChI is InChI=1S/C14H18N2/c1-2-3-4-5-9-16-12-14-8-6-7-13(10-14)11-15/h6-8,10,12H,2-5,9H2,1H3/b16-12+. The Morgan fingerprint density at radius 3 is 2.94 bits per heavy atom. The number of hydrogen-bond donors (Lipinski definition) is 0. The van der Waals surface area contributed by atoms with Crippen LogP contribution < -0.4 is 0 Å². The van der Waals surface area contributed by atoms with E-state index in [1.54, 1.807) is 6.07 Å². The van der Waals surface area contributed by atoms with Crippen LogP contribution in [0.15, 0.2) is 29.3 Å². The maximum Gasteiger partial charge on any atom is 0.0991 e. The van der Waals surface area contributed by atoms with Crippen molar-refractivity contribution in [2.75, 3.05) is 6.54 Å². The van der Waals surface area contributed by atoms with E-state index in [4.69, 9.17) is 5.26 Å². The van der Waals surface area contributed by atoms with Gasteiger partial charge in [-0.05, 0) is 24.1 Å². The Morgan fingerprint density at radius 1 is 1.31 bits per heavy atom. The van der Waals surface area contributed by atoms with E-state index in [2.05, 4.69) is 18.0 Å². The van der Waals surface area contributed by atoms with E-state index >= 15 is 0 Å². The zero-order valence-electron chi connectivity index (χ0n) is 9.82. The van der Waals surface area contributed by atoms with Crippen LogP contribution >= 0.6 is 0 Å². The Hall–Kier alpha value is -1.62. The minimum Gasteiger partial charge on any atom is -0.293 e. The third-order valence-corrected chi connectivity index (χ3v) is 2.40. The monoisotopic (exact) mass is 214 g/mol. The van der Waals surface area contributed by atoms with E-state index in [1.807, 2.05) is 24.4 Å². The highest BCUT2D eigenvalue weighted by atomic mass is 14.7. The molecule has 0 saturated heterocycles. The van der Waals surface area contributed by atoms with E-state index in [0.717, 1.165) is 18.5 Å². The minimum atomic E-state index is 0.690. The van der Waals surface area contributed by atoms with Gasteiger partial charge in [0, 0.05) is 12.8 Å². The van der Waals surface area contributed by atoms with Crippen LogP contribution in [0, 0.1) is 11.3 Å². The van der Waals surface area contributed by atoms with Crippen molar-refractivity contribution in [3.05, 3.63) is 35.4 Å². The van der Waals surface area contributed by atoms with E-state index in [9.17, 15) is 0 Å². The lowest BCUT2D eigenvalue weighted by Crippen LogP contribution is -1.86. The number of hydrogen-bond acceptors (Lipinski definition) is 2. The topological polar surface area (TPSA) is 36.1 Å². The lowest BCUT2D eigenvalue weighted by atomic mass is 10.1. The highest BCUT2D eigenvalue weighted by Gasteiger charge is 1.91. The number of unbranched alkanes of at least 4 members (excludes halogenated alkanes) is 3. The van der Waals surface area contributed by atoms with Crippen LogP contribution in [0.25, 0.3) is 0 Å². The van der Waals surface area contributed by atoms with Crippen molar-refractivity contribution in [2.45, 2.75) is 32.6 Å². The van der Waals surface area contributed by atoms with Crippen molar-refractivity contribution < 1.29 is 0 Å². The Bertz CT molecular complexity index is 375. The molecule has 0 aliphatic rings. The van der Waals surface area contributed by atoms with Gasteiger partial charge in [0.05, 0.1) is 11.6 Å². The second-order valence-electron chi connectivity index (χ2n) is 3.83. The minimum absolute atomic E-state index is 0.690. The zero-order valence-corrected chi connectivity index (χ0v) is 9.82. The van der Waals surface area contributed by atoms with Crippen LogP contribution in [0.4, 0.5) is 0 Å². The highest BCUT2D eigenvalue weighted by Crippen LogP contribution is 2.02. The molecule has 1 aromatic rings. The van der Waals surface area contributed by atoms with Crippen LogP contribution in [-0.4, -0.2) is 12.8 Å². The van der Waals surface area contributed by atoms with Gasteiger partial charge in [0.2, 0.25) is 0 Å². The van der Waals surface area contributed by atoms with E-state index in [-0.39, 0.29) is 0 Å². The van der Waals surface area contributed by atoms with Crippen molar-refractivity contribution in [1.29, 1.82) is 5.26 Å². The van der Waals surface area contributed by atoms with Gasteiger partial charge in [-0.15, -0.1) is 0 Å². The number of benzene rings is 1. The highest BCUT2D eigenvalue weighted by molar-refractivity contribution is 5.80. The lowest BCUT2D eigenvalue weighted by molar-refractivity contribution is 0.676. The van der Waals surface area contributed by atoms with E-state index in [1.165, 1.54) is 19.3 Å². The van der Waals surface area contributed by atoms with Crippen LogP contribution in [0.5, 0.6) is 0 Å². The Balaban J connectivity index is 2.35. The van der Waals surface area contributed by atoms with Gasteiger partial charge in [0.25, 0.3) is 0 Å². The molecule has 0 fully saturated rings. The molecule has 0 bridgehead atoms. The van der Waals surface area contributed by atoms with Gasteiger partial charge in [-0.1, -0.05) is 38.3 Å². The molecule has 0 aromatic heterocycles. The molecule has 0 atom stereocenters. The molecule has 2 heteroatoms. The Morgan fingerprint density at radius 2 is 2.19 bits per heavy atom. The fourth-order valence-electron chi connectivity index (χ4n) is 1.49. The summed E-state index contributed by atoms with van der Waals surface area (Å²) in [5.41, 5.74) is 1.70.